The molecule has 0 unspecified atom stereocenters. The molecule has 2 aromatic rings. The molecule has 1 aromatic heterocycles. The van der Waals surface area contributed by atoms with Crippen LogP contribution in [0.5, 0.6) is 5.75 Å². The number of rotatable bonds is 4. The van der Waals surface area contributed by atoms with E-state index in [4.69, 9.17) is 15.7 Å². The Bertz CT molecular complexity index is 650. The Morgan fingerprint density at radius 1 is 1.45 bits per heavy atom. The summed E-state index contributed by atoms with van der Waals surface area (Å²) < 4.78 is 18.9. The minimum atomic E-state index is -0.358. The van der Waals surface area contributed by atoms with Crippen molar-refractivity contribution in [1.29, 1.82) is 5.26 Å². The van der Waals surface area contributed by atoms with E-state index in [9.17, 15) is 4.39 Å². The first-order valence-electron chi connectivity index (χ1n) is 6.13. The van der Waals surface area contributed by atoms with Crippen molar-refractivity contribution >= 4 is 0 Å². The van der Waals surface area contributed by atoms with Crippen LogP contribution in [0, 0.1) is 17.1 Å². The number of benzene rings is 1. The molecule has 2 N–H and O–H groups in total. The van der Waals surface area contributed by atoms with Crippen LogP contribution in [0.4, 0.5) is 4.39 Å². The molecular formula is C15H14FN3O. The molecule has 4 nitrogen and oxygen atoms in total. The zero-order valence-electron chi connectivity index (χ0n) is 11.0. The molecule has 0 radical (unpaired) electrons. The van der Waals surface area contributed by atoms with Gasteiger partial charge in [-0.05, 0) is 31.2 Å². The number of ether oxygens (including phenoxy) is 1. The quantitative estimate of drug-likeness (QED) is 0.928. The molecule has 0 aliphatic rings. The number of nitrogens with zero attached hydrogens (tertiary/aromatic N) is 2. The maximum Gasteiger partial charge on any atom is 0.147 e. The van der Waals surface area contributed by atoms with Crippen LogP contribution in [-0.2, 0) is 6.61 Å². The first-order valence-corrected chi connectivity index (χ1v) is 6.13. The molecule has 0 saturated heterocycles. The van der Waals surface area contributed by atoms with E-state index in [-0.39, 0.29) is 18.5 Å². The van der Waals surface area contributed by atoms with Crippen molar-refractivity contribution in [2.45, 2.75) is 19.6 Å². The fourth-order valence-electron chi connectivity index (χ4n) is 1.82. The van der Waals surface area contributed by atoms with Crippen molar-refractivity contribution in [3.05, 3.63) is 59.2 Å². The van der Waals surface area contributed by atoms with E-state index in [1.54, 1.807) is 25.3 Å². The SMILES string of the molecule is C[C@@H](N)c1cc(F)ccc1OCc1cccnc1C#N. The summed E-state index contributed by atoms with van der Waals surface area (Å²) in [4.78, 5) is 3.96. The van der Waals surface area contributed by atoms with Crippen molar-refractivity contribution in [2.24, 2.45) is 5.73 Å². The van der Waals surface area contributed by atoms with Crippen molar-refractivity contribution < 1.29 is 9.13 Å². The van der Waals surface area contributed by atoms with E-state index in [1.807, 2.05) is 6.07 Å². The number of hydrogen-bond acceptors (Lipinski definition) is 4. The molecule has 0 saturated carbocycles. The van der Waals surface area contributed by atoms with Gasteiger partial charge in [-0.3, -0.25) is 0 Å². The van der Waals surface area contributed by atoms with E-state index >= 15 is 0 Å². The molecule has 2 rings (SSSR count). The Hall–Kier alpha value is -2.45. The third kappa shape index (κ3) is 3.11. The van der Waals surface area contributed by atoms with Crippen molar-refractivity contribution in [3.8, 4) is 11.8 Å². The molecule has 0 bridgehead atoms. The monoisotopic (exact) mass is 271 g/mol. The molecular weight excluding hydrogens is 257 g/mol. The normalized spacial score (nSPS) is 11.7. The minimum Gasteiger partial charge on any atom is -0.488 e. The molecule has 1 atom stereocenters. The zero-order valence-corrected chi connectivity index (χ0v) is 11.0. The standard InChI is InChI=1S/C15H14FN3O/c1-10(18)13-7-12(16)4-5-15(13)20-9-11-3-2-6-19-14(11)8-17/h2-7,10H,9,18H2,1H3/t10-/m1/s1. The van der Waals surface area contributed by atoms with Crippen molar-refractivity contribution in [1.82, 2.24) is 4.98 Å². The van der Waals surface area contributed by atoms with Gasteiger partial charge in [-0.1, -0.05) is 6.07 Å². The van der Waals surface area contributed by atoms with Gasteiger partial charge in [0.1, 0.15) is 29.9 Å². The summed E-state index contributed by atoms with van der Waals surface area (Å²) in [6, 6.07) is 9.37. The summed E-state index contributed by atoms with van der Waals surface area (Å²) in [7, 11) is 0. The molecule has 0 fully saturated rings. The van der Waals surface area contributed by atoms with E-state index < -0.39 is 0 Å². The molecule has 20 heavy (non-hydrogen) atoms. The van der Waals surface area contributed by atoms with Gasteiger partial charge in [0.25, 0.3) is 0 Å². The van der Waals surface area contributed by atoms with Crippen LogP contribution >= 0.6 is 0 Å². The molecule has 1 aromatic carbocycles. The lowest BCUT2D eigenvalue weighted by molar-refractivity contribution is 0.300. The van der Waals surface area contributed by atoms with Crippen LogP contribution in [0.1, 0.15) is 29.8 Å². The van der Waals surface area contributed by atoms with Crippen LogP contribution in [0.2, 0.25) is 0 Å². The second kappa shape index (κ2) is 6.13. The fraction of sp³-hybridized carbons (Fsp3) is 0.200. The third-order valence-corrected chi connectivity index (χ3v) is 2.84. The van der Waals surface area contributed by atoms with E-state index in [1.165, 1.54) is 18.2 Å². The number of pyridine rings is 1. The highest BCUT2D eigenvalue weighted by molar-refractivity contribution is 5.37. The Labute approximate surface area is 116 Å². The summed E-state index contributed by atoms with van der Waals surface area (Å²) in [5.41, 5.74) is 7.38. The molecule has 102 valence electrons. The van der Waals surface area contributed by atoms with Crippen LogP contribution < -0.4 is 10.5 Å². The van der Waals surface area contributed by atoms with Crippen molar-refractivity contribution in [3.63, 3.8) is 0 Å². The van der Waals surface area contributed by atoms with Gasteiger partial charge in [0.2, 0.25) is 0 Å². The van der Waals surface area contributed by atoms with Gasteiger partial charge in [0.05, 0.1) is 0 Å². The van der Waals surface area contributed by atoms with Crippen LogP contribution in [0.3, 0.4) is 0 Å². The molecule has 5 heteroatoms. The summed E-state index contributed by atoms with van der Waals surface area (Å²) in [6.07, 6.45) is 1.55. The Kier molecular flexibility index (Phi) is 4.28. The number of nitrogens with two attached hydrogens (primary N) is 1. The Morgan fingerprint density at radius 3 is 2.95 bits per heavy atom. The highest BCUT2D eigenvalue weighted by Gasteiger charge is 2.11. The smallest absolute Gasteiger partial charge is 0.147 e. The lowest BCUT2D eigenvalue weighted by atomic mass is 10.1. The maximum absolute atomic E-state index is 13.2. The van der Waals surface area contributed by atoms with E-state index in [0.29, 0.717) is 22.6 Å². The predicted octanol–water partition coefficient (Wildman–Crippen LogP) is 2.69. The second-order valence-corrected chi connectivity index (χ2v) is 4.38. The maximum atomic E-state index is 13.2. The van der Waals surface area contributed by atoms with Gasteiger partial charge in [-0.2, -0.15) is 5.26 Å². The first kappa shape index (κ1) is 14.0. The Morgan fingerprint density at radius 2 is 2.25 bits per heavy atom. The van der Waals surface area contributed by atoms with Crippen LogP contribution in [-0.4, -0.2) is 4.98 Å². The lowest BCUT2D eigenvalue weighted by Crippen LogP contribution is -2.09. The fourth-order valence-corrected chi connectivity index (χ4v) is 1.82. The molecule has 0 amide bonds. The summed E-state index contributed by atoms with van der Waals surface area (Å²) >= 11 is 0. The van der Waals surface area contributed by atoms with Gasteiger partial charge in [-0.15, -0.1) is 0 Å². The topological polar surface area (TPSA) is 71.9 Å². The average Bonchev–Trinajstić information content (AvgIpc) is 2.46. The van der Waals surface area contributed by atoms with Gasteiger partial charge in [0.15, 0.2) is 0 Å². The minimum absolute atomic E-state index is 0.183. The second-order valence-electron chi connectivity index (χ2n) is 4.38. The number of halogens is 1. The van der Waals surface area contributed by atoms with Gasteiger partial charge in [0, 0.05) is 23.4 Å². The van der Waals surface area contributed by atoms with Gasteiger partial charge < -0.3 is 10.5 Å². The molecule has 0 aliphatic heterocycles. The molecule has 1 heterocycles. The highest BCUT2D eigenvalue weighted by atomic mass is 19.1. The summed E-state index contributed by atoms with van der Waals surface area (Å²) in [6.45, 7) is 1.94. The van der Waals surface area contributed by atoms with E-state index in [0.717, 1.165) is 0 Å². The summed E-state index contributed by atoms with van der Waals surface area (Å²) in [5.74, 6) is 0.151. The largest absolute Gasteiger partial charge is 0.488 e. The van der Waals surface area contributed by atoms with E-state index in [2.05, 4.69) is 4.98 Å². The van der Waals surface area contributed by atoms with Crippen LogP contribution in [0.15, 0.2) is 36.5 Å². The zero-order chi connectivity index (χ0) is 14.5. The number of aromatic nitrogens is 1. The Balaban J connectivity index is 2.21. The van der Waals surface area contributed by atoms with Crippen molar-refractivity contribution in [2.75, 3.05) is 0 Å². The van der Waals surface area contributed by atoms with Crippen LogP contribution in [0.25, 0.3) is 0 Å². The van der Waals surface area contributed by atoms with Gasteiger partial charge >= 0.3 is 0 Å². The third-order valence-electron chi connectivity index (χ3n) is 2.84. The average molecular weight is 271 g/mol. The highest BCUT2D eigenvalue weighted by Crippen LogP contribution is 2.25. The first-order chi connectivity index (χ1) is 9.61. The molecule has 0 aliphatic carbocycles. The summed E-state index contributed by atoms with van der Waals surface area (Å²) in [5, 5.41) is 8.96. The molecule has 0 spiro atoms. The number of nitriles is 1. The number of hydrogen-bond donors (Lipinski definition) is 1. The van der Waals surface area contributed by atoms with Gasteiger partial charge in [-0.25, -0.2) is 9.37 Å². The predicted molar refractivity (Wildman–Crippen MR) is 72.3 cm³/mol. The lowest BCUT2D eigenvalue weighted by Gasteiger charge is -2.14.